The Morgan fingerprint density at radius 1 is 0.857 bits per heavy atom. The first-order valence-electron chi connectivity index (χ1n) is 7.85. The molecule has 6 nitrogen and oxygen atoms in total. The van der Waals surface area contributed by atoms with Gasteiger partial charge in [-0.1, -0.05) is 0 Å². The minimum atomic E-state index is -0.458. The molecule has 0 aromatic heterocycles. The first kappa shape index (κ1) is 17.1. The summed E-state index contributed by atoms with van der Waals surface area (Å²) in [6.07, 6.45) is 2.39. The molecule has 0 aromatic carbocycles. The van der Waals surface area contributed by atoms with Gasteiger partial charge in [-0.2, -0.15) is 0 Å². The Labute approximate surface area is 127 Å². The summed E-state index contributed by atoms with van der Waals surface area (Å²) >= 11 is 0. The van der Waals surface area contributed by atoms with Crippen LogP contribution in [0, 0.1) is 0 Å². The van der Waals surface area contributed by atoms with E-state index in [1.165, 1.54) is 0 Å². The Morgan fingerprint density at radius 3 is 1.95 bits per heavy atom. The van der Waals surface area contributed by atoms with Crippen molar-refractivity contribution in [3.05, 3.63) is 0 Å². The number of hydrogen-bond donors (Lipinski definition) is 0. The molecule has 0 aliphatic carbocycles. The van der Waals surface area contributed by atoms with E-state index < -0.39 is 5.60 Å². The van der Waals surface area contributed by atoms with E-state index in [9.17, 15) is 0 Å². The highest BCUT2D eigenvalue weighted by Crippen LogP contribution is 2.18. The van der Waals surface area contributed by atoms with Gasteiger partial charge < -0.3 is 28.4 Å². The number of ether oxygens (including phenoxy) is 6. The highest BCUT2D eigenvalue weighted by atomic mass is 16.6. The smallest absolute Gasteiger partial charge is 0.112 e. The molecule has 1 atom stereocenters. The van der Waals surface area contributed by atoms with Crippen molar-refractivity contribution in [3.8, 4) is 0 Å². The third-order valence-electron chi connectivity index (χ3n) is 3.57. The summed E-state index contributed by atoms with van der Waals surface area (Å²) in [5, 5.41) is 0. The normalized spacial score (nSPS) is 29.3. The third kappa shape index (κ3) is 7.04. The monoisotopic (exact) mass is 304 g/mol. The van der Waals surface area contributed by atoms with Gasteiger partial charge in [0.05, 0.1) is 65.6 Å². The summed E-state index contributed by atoms with van der Waals surface area (Å²) in [4.78, 5) is 0. The lowest BCUT2D eigenvalue weighted by molar-refractivity contribution is -0.145. The molecule has 0 amide bonds. The summed E-state index contributed by atoms with van der Waals surface area (Å²) in [5.74, 6) is 0. The topological polar surface area (TPSA) is 55.4 Å². The third-order valence-corrected chi connectivity index (χ3v) is 3.57. The fourth-order valence-electron chi connectivity index (χ4n) is 2.33. The van der Waals surface area contributed by atoms with Crippen LogP contribution in [0.4, 0.5) is 0 Å². The van der Waals surface area contributed by atoms with E-state index in [1.54, 1.807) is 0 Å². The van der Waals surface area contributed by atoms with Crippen LogP contribution in [0.1, 0.15) is 19.8 Å². The van der Waals surface area contributed by atoms with Crippen molar-refractivity contribution in [2.45, 2.75) is 31.5 Å². The molecule has 0 radical (unpaired) electrons. The van der Waals surface area contributed by atoms with Crippen LogP contribution in [0.25, 0.3) is 0 Å². The summed E-state index contributed by atoms with van der Waals surface area (Å²) in [5.41, 5.74) is -0.458. The van der Waals surface area contributed by atoms with Crippen molar-refractivity contribution in [3.63, 3.8) is 0 Å². The highest BCUT2D eigenvalue weighted by Gasteiger charge is 2.28. The molecule has 0 aromatic rings. The minimum absolute atomic E-state index is 0.207. The van der Waals surface area contributed by atoms with Gasteiger partial charge in [0.1, 0.15) is 5.60 Å². The van der Waals surface area contributed by atoms with Crippen LogP contribution in [0.15, 0.2) is 0 Å². The van der Waals surface area contributed by atoms with Crippen LogP contribution in [0.5, 0.6) is 0 Å². The first-order valence-corrected chi connectivity index (χ1v) is 7.85. The maximum atomic E-state index is 6.03. The Balaban J connectivity index is 1.76. The van der Waals surface area contributed by atoms with E-state index in [2.05, 4.69) is 0 Å². The van der Waals surface area contributed by atoms with E-state index in [-0.39, 0.29) is 6.10 Å². The molecular weight excluding hydrogens is 276 g/mol. The summed E-state index contributed by atoms with van der Waals surface area (Å²) < 4.78 is 33.8. The molecule has 2 rings (SSSR count). The van der Waals surface area contributed by atoms with Crippen LogP contribution >= 0.6 is 0 Å². The average molecular weight is 304 g/mol. The molecule has 21 heavy (non-hydrogen) atoms. The lowest BCUT2D eigenvalue weighted by Crippen LogP contribution is -2.42. The number of hydrogen-bond acceptors (Lipinski definition) is 6. The SMILES string of the molecule is CC1(OCC2CCCO2)COCCOCCOCCOC1. The van der Waals surface area contributed by atoms with Crippen LogP contribution in [0.3, 0.4) is 0 Å². The van der Waals surface area contributed by atoms with Gasteiger partial charge in [-0.15, -0.1) is 0 Å². The van der Waals surface area contributed by atoms with Crippen molar-refractivity contribution in [1.29, 1.82) is 0 Å². The molecule has 0 spiro atoms. The molecule has 0 N–H and O–H groups in total. The molecule has 2 aliphatic heterocycles. The largest absolute Gasteiger partial charge is 0.377 e. The van der Waals surface area contributed by atoms with E-state index >= 15 is 0 Å². The fourth-order valence-corrected chi connectivity index (χ4v) is 2.33. The molecule has 1 unspecified atom stereocenters. The van der Waals surface area contributed by atoms with Gasteiger partial charge in [0, 0.05) is 6.61 Å². The Morgan fingerprint density at radius 2 is 1.43 bits per heavy atom. The van der Waals surface area contributed by atoms with E-state index in [1.807, 2.05) is 6.92 Å². The summed E-state index contributed by atoms with van der Waals surface area (Å²) in [6, 6.07) is 0. The first-order chi connectivity index (χ1) is 10.3. The molecule has 2 aliphatic rings. The zero-order chi connectivity index (χ0) is 14.8. The molecule has 2 saturated heterocycles. The van der Waals surface area contributed by atoms with Crippen LogP contribution in [-0.2, 0) is 28.4 Å². The molecule has 0 saturated carbocycles. The quantitative estimate of drug-likeness (QED) is 0.776. The standard InChI is InChI=1S/C15H28O6/c1-15(21-11-14-3-2-4-20-14)12-18-9-7-16-5-6-17-8-10-19-13-15/h14H,2-13H2,1H3. The molecular formula is C15H28O6. The summed E-state index contributed by atoms with van der Waals surface area (Å²) in [7, 11) is 0. The van der Waals surface area contributed by atoms with Crippen LogP contribution in [0.2, 0.25) is 0 Å². The predicted octanol–water partition coefficient (Wildman–Crippen LogP) is 1.02. The van der Waals surface area contributed by atoms with Crippen molar-refractivity contribution in [2.75, 3.05) is 66.1 Å². The van der Waals surface area contributed by atoms with Gasteiger partial charge in [0.15, 0.2) is 0 Å². The van der Waals surface area contributed by atoms with Gasteiger partial charge in [-0.25, -0.2) is 0 Å². The predicted molar refractivity (Wildman–Crippen MR) is 76.6 cm³/mol. The van der Waals surface area contributed by atoms with Crippen molar-refractivity contribution < 1.29 is 28.4 Å². The maximum Gasteiger partial charge on any atom is 0.112 e. The molecule has 0 bridgehead atoms. The van der Waals surface area contributed by atoms with Gasteiger partial charge >= 0.3 is 0 Å². The average Bonchev–Trinajstić information content (AvgIpc) is 2.99. The number of rotatable bonds is 3. The van der Waals surface area contributed by atoms with Gasteiger partial charge in [0.2, 0.25) is 0 Å². The zero-order valence-corrected chi connectivity index (χ0v) is 13.0. The maximum absolute atomic E-state index is 6.03. The summed E-state index contributed by atoms with van der Waals surface area (Å²) in [6.45, 7) is 7.88. The van der Waals surface area contributed by atoms with Crippen molar-refractivity contribution in [1.82, 2.24) is 0 Å². The van der Waals surface area contributed by atoms with E-state index in [0.717, 1.165) is 19.4 Å². The Bertz CT molecular complexity index is 253. The second kappa shape index (κ2) is 9.71. The lowest BCUT2D eigenvalue weighted by atomic mass is 10.1. The lowest BCUT2D eigenvalue weighted by Gasteiger charge is -2.30. The molecule has 124 valence electrons. The van der Waals surface area contributed by atoms with Crippen molar-refractivity contribution in [2.24, 2.45) is 0 Å². The zero-order valence-electron chi connectivity index (χ0n) is 13.0. The van der Waals surface area contributed by atoms with E-state index in [0.29, 0.717) is 59.5 Å². The second-order valence-electron chi connectivity index (χ2n) is 5.73. The van der Waals surface area contributed by atoms with Crippen LogP contribution in [-0.4, -0.2) is 77.8 Å². The fraction of sp³-hybridized carbons (Fsp3) is 1.00. The van der Waals surface area contributed by atoms with Crippen LogP contribution < -0.4 is 0 Å². The van der Waals surface area contributed by atoms with E-state index in [4.69, 9.17) is 28.4 Å². The Kier molecular flexibility index (Phi) is 7.92. The molecule has 2 heterocycles. The van der Waals surface area contributed by atoms with Gasteiger partial charge in [0.25, 0.3) is 0 Å². The highest BCUT2D eigenvalue weighted by molar-refractivity contribution is 4.76. The molecule has 6 heteroatoms. The van der Waals surface area contributed by atoms with Crippen molar-refractivity contribution >= 4 is 0 Å². The van der Waals surface area contributed by atoms with Gasteiger partial charge in [-0.3, -0.25) is 0 Å². The Hall–Kier alpha value is -0.240. The second-order valence-corrected chi connectivity index (χ2v) is 5.73. The minimum Gasteiger partial charge on any atom is -0.377 e. The molecule has 2 fully saturated rings. The van der Waals surface area contributed by atoms with Gasteiger partial charge in [-0.05, 0) is 19.8 Å².